The maximum Gasteiger partial charge on any atom is 0.303 e. The summed E-state index contributed by atoms with van der Waals surface area (Å²) in [5, 5.41) is 19.9. The Balaban J connectivity index is 1.80. The Morgan fingerprint density at radius 1 is 1.06 bits per heavy atom. The molecule has 160 valence electrons. The number of ketones is 1. The van der Waals surface area contributed by atoms with Gasteiger partial charge in [-0.2, -0.15) is 0 Å². The first kappa shape index (κ1) is 20.5. The number of carbonyl (C=O) groups excluding carboxylic acids is 2. The number of carbonyl (C=O) groups is 3. The van der Waals surface area contributed by atoms with Crippen LogP contribution in [0, 0.1) is 6.92 Å². The lowest BCUT2D eigenvalue weighted by molar-refractivity contribution is -0.140. The van der Waals surface area contributed by atoms with Gasteiger partial charge in [0, 0.05) is 18.5 Å². The van der Waals surface area contributed by atoms with Gasteiger partial charge in [-0.15, -0.1) is 0 Å². The van der Waals surface area contributed by atoms with Gasteiger partial charge in [0.1, 0.15) is 5.76 Å². The number of Topliss-reactive ketones (excluding diaryl/α,β-unsaturated/α-hetero) is 1. The molecule has 0 saturated carbocycles. The van der Waals surface area contributed by atoms with Gasteiger partial charge in [-0.3, -0.25) is 14.4 Å². The van der Waals surface area contributed by atoms with Crippen molar-refractivity contribution in [1.29, 1.82) is 0 Å². The topological polar surface area (TPSA) is 113 Å². The van der Waals surface area contributed by atoms with E-state index in [4.69, 9.17) is 14.6 Å². The molecule has 0 spiro atoms. The van der Waals surface area contributed by atoms with Crippen molar-refractivity contribution < 1.29 is 34.1 Å². The zero-order valence-corrected chi connectivity index (χ0v) is 16.8. The van der Waals surface area contributed by atoms with E-state index >= 15 is 0 Å². The lowest BCUT2D eigenvalue weighted by Gasteiger charge is -2.25. The summed E-state index contributed by atoms with van der Waals surface area (Å²) in [7, 11) is 0. The van der Waals surface area contributed by atoms with E-state index in [0.29, 0.717) is 22.6 Å². The third kappa shape index (κ3) is 3.84. The number of aliphatic carboxylic acids is 1. The fraction of sp³-hybridized carbons (Fsp3) is 0.261. The Bertz CT molecular complexity index is 1090. The third-order valence-corrected chi connectivity index (χ3v) is 5.37. The van der Waals surface area contributed by atoms with Crippen molar-refractivity contribution in [2.75, 3.05) is 13.3 Å². The Morgan fingerprint density at radius 2 is 1.77 bits per heavy atom. The molecule has 31 heavy (non-hydrogen) atoms. The van der Waals surface area contributed by atoms with Crippen LogP contribution in [-0.4, -0.2) is 46.1 Å². The highest BCUT2D eigenvalue weighted by Gasteiger charge is 2.46. The highest BCUT2D eigenvalue weighted by atomic mass is 16.7. The molecule has 1 fully saturated rings. The van der Waals surface area contributed by atoms with Crippen LogP contribution in [0.4, 0.5) is 0 Å². The van der Waals surface area contributed by atoms with Crippen LogP contribution in [0.15, 0.2) is 48.0 Å². The fourth-order valence-electron chi connectivity index (χ4n) is 3.81. The minimum atomic E-state index is -0.990. The van der Waals surface area contributed by atoms with Crippen molar-refractivity contribution in [3.8, 4) is 11.5 Å². The van der Waals surface area contributed by atoms with Crippen molar-refractivity contribution in [1.82, 2.24) is 4.90 Å². The first-order chi connectivity index (χ1) is 14.9. The van der Waals surface area contributed by atoms with Crippen LogP contribution in [0.5, 0.6) is 11.5 Å². The van der Waals surface area contributed by atoms with Gasteiger partial charge >= 0.3 is 5.97 Å². The van der Waals surface area contributed by atoms with Crippen LogP contribution in [0.2, 0.25) is 0 Å². The Kier molecular flexibility index (Phi) is 5.37. The first-order valence-corrected chi connectivity index (χ1v) is 9.83. The maximum atomic E-state index is 12.9. The summed E-state index contributed by atoms with van der Waals surface area (Å²) in [6.45, 7) is 2.03. The number of rotatable bonds is 6. The molecule has 2 aromatic carbocycles. The molecule has 4 rings (SSSR count). The lowest BCUT2D eigenvalue weighted by Crippen LogP contribution is -2.31. The molecule has 0 bridgehead atoms. The SMILES string of the molecule is Cc1ccc(/C(O)=C2/C(=O)C(=O)N(CCCC(=O)O)C2c2ccc3c(c2)OCO3)cc1. The summed E-state index contributed by atoms with van der Waals surface area (Å²) in [6, 6.07) is 11.1. The molecule has 2 aliphatic rings. The van der Waals surface area contributed by atoms with E-state index in [1.54, 1.807) is 42.5 Å². The number of aliphatic hydroxyl groups is 1. The number of hydrogen-bond acceptors (Lipinski definition) is 6. The number of carboxylic acids is 1. The minimum Gasteiger partial charge on any atom is -0.507 e. The number of ether oxygens (including phenoxy) is 2. The normalized spacial score (nSPS) is 19.1. The summed E-state index contributed by atoms with van der Waals surface area (Å²) in [5.74, 6) is -1.83. The Hall–Kier alpha value is -3.81. The number of carboxylic acid groups (broad SMARTS) is 1. The molecule has 2 heterocycles. The van der Waals surface area contributed by atoms with E-state index in [1.807, 2.05) is 6.92 Å². The standard InChI is InChI=1S/C23H21NO7/c1-13-4-6-14(7-5-13)21(27)19-20(15-8-9-16-17(11-15)31-12-30-16)24(23(29)22(19)28)10-2-3-18(25)26/h4-9,11,20,27H,2-3,10,12H2,1H3,(H,25,26)/b21-19-. The highest BCUT2D eigenvalue weighted by Crippen LogP contribution is 2.43. The van der Waals surface area contributed by atoms with Gasteiger partial charge in [-0.1, -0.05) is 35.9 Å². The highest BCUT2D eigenvalue weighted by molar-refractivity contribution is 6.46. The van der Waals surface area contributed by atoms with Crippen LogP contribution in [0.3, 0.4) is 0 Å². The van der Waals surface area contributed by atoms with Gasteiger partial charge < -0.3 is 24.6 Å². The lowest BCUT2D eigenvalue weighted by atomic mass is 9.94. The van der Waals surface area contributed by atoms with E-state index in [2.05, 4.69) is 0 Å². The van der Waals surface area contributed by atoms with Crippen LogP contribution in [0.1, 0.15) is 35.6 Å². The van der Waals surface area contributed by atoms with E-state index in [0.717, 1.165) is 5.56 Å². The molecule has 0 aromatic heterocycles. The summed E-state index contributed by atoms with van der Waals surface area (Å²) in [4.78, 5) is 38.0. The summed E-state index contributed by atoms with van der Waals surface area (Å²) in [6.07, 6.45) is 0.0306. The zero-order valence-electron chi connectivity index (χ0n) is 16.8. The molecule has 0 aliphatic carbocycles. The number of fused-ring (bicyclic) bond motifs is 1. The largest absolute Gasteiger partial charge is 0.507 e. The predicted octanol–water partition coefficient (Wildman–Crippen LogP) is 3.01. The quantitative estimate of drug-likeness (QED) is 0.417. The number of aryl methyl sites for hydroxylation is 1. The van der Waals surface area contributed by atoms with Gasteiger partial charge in [0.05, 0.1) is 11.6 Å². The van der Waals surface area contributed by atoms with Crippen LogP contribution < -0.4 is 9.47 Å². The molecule has 8 heteroatoms. The van der Waals surface area contributed by atoms with Gasteiger partial charge in [0.2, 0.25) is 6.79 Å². The maximum absolute atomic E-state index is 12.9. The number of nitrogens with zero attached hydrogens (tertiary/aromatic N) is 1. The van der Waals surface area contributed by atoms with Gasteiger partial charge in [-0.25, -0.2) is 0 Å². The molecule has 1 saturated heterocycles. The van der Waals surface area contributed by atoms with Crippen molar-refractivity contribution in [3.63, 3.8) is 0 Å². The Morgan fingerprint density at radius 3 is 2.48 bits per heavy atom. The van der Waals surface area contributed by atoms with Crippen molar-refractivity contribution in [3.05, 3.63) is 64.7 Å². The third-order valence-electron chi connectivity index (χ3n) is 5.37. The Labute approximate surface area is 178 Å². The monoisotopic (exact) mass is 423 g/mol. The van der Waals surface area contributed by atoms with E-state index in [-0.39, 0.29) is 37.5 Å². The van der Waals surface area contributed by atoms with E-state index in [9.17, 15) is 19.5 Å². The molecule has 1 amide bonds. The predicted molar refractivity (Wildman–Crippen MR) is 110 cm³/mol. The first-order valence-electron chi connectivity index (χ1n) is 9.83. The molecule has 8 nitrogen and oxygen atoms in total. The molecule has 2 aliphatic heterocycles. The van der Waals surface area contributed by atoms with Crippen LogP contribution in [-0.2, 0) is 14.4 Å². The second-order valence-corrected chi connectivity index (χ2v) is 7.47. The number of likely N-dealkylation sites (tertiary alicyclic amines) is 1. The van der Waals surface area contributed by atoms with Gasteiger partial charge in [0.15, 0.2) is 11.5 Å². The fourth-order valence-corrected chi connectivity index (χ4v) is 3.81. The smallest absolute Gasteiger partial charge is 0.303 e. The number of amides is 1. The molecular formula is C23H21NO7. The summed E-state index contributed by atoms with van der Waals surface area (Å²) in [5.41, 5.74) is 1.92. The van der Waals surface area contributed by atoms with Crippen LogP contribution in [0.25, 0.3) is 5.76 Å². The minimum absolute atomic E-state index is 0.0388. The average Bonchev–Trinajstić information content (AvgIpc) is 3.31. The molecule has 1 unspecified atom stereocenters. The molecule has 2 N–H and O–H groups in total. The van der Waals surface area contributed by atoms with Gasteiger partial charge in [-0.05, 0) is 31.0 Å². The van der Waals surface area contributed by atoms with E-state index < -0.39 is 23.7 Å². The van der Waals surface area contributed by atoms with Gasteiger partial charge in [0.25, 0.3) is 11.7 Å². The van der Waals surface area contributed by atoms with Crippen LogP contribution >= 0.6 is 0 Å². The second kappa shape index (κ2) is 8.14. The van der Waals surface area contributed by atoms with Crippen molar-refractivity contribution in [2.24, 2.45) is 0 Å². The number of aliphatic hydroxyl groups excluding tert-OH is 1. The number of benzene rings is 2. The molecule has 1 atom stereocenters. The summed E-state index contributed by atoms with van der Waals surface area (Å²) >= 11 is 0. The zero-order chi connectivity index (χ0) is 22.1. The summed E-state index contributed by atoms with van der Waals surface area (Å²) < 4.78 is 10.8. The second-order valence-electron chi connectivity index (χ2n) is 7.47. The molecular weight excluding hydrogens is 402 g/mol. The number of hydrogen-bond donors (Lipinski definition) is 2. The van der Waals surface area contributed by atoms with E-state index in [1.165, 1.54) is 4.90 Å². The van der Waals surface area contributed by atoms with Crippen molar-refractivity contribution >= 4 is 23.4 Å². The van der Waals surface area contributed by atoms with Crippen molar-refractivity contribution in [2.45, 2.75) is 25.8 Å². The molecule has 0 radical (unpaired) electrons. The molecule has 2 aromatic rings. The average molecular weight is 423 g/mol.